The standard InChI is InChI=1S/C30H61BrClO5P/c1-4-6-8-10-11-12-13-14-18-22-29(21-17-9-7-5-2)23-19-15-16-20-25-35-27-30(34-3)28-37-38(32,33)36-26-24-31/h29-30H,4-28H2,1-3H3. The lowest BCUT2D eigenvalue weighted by atomic mass is 9.89. The molecule has 3 atom stereocenters. The van der Waals surface area contributed by atoms with Crippen molar-refractivity contribution in [2.75, 3.05) is 38.9 Å². The van der Waals surface area contributed by atoms with E-state index >= 15 is 0 Å². The third-order valence-corrected chi connectivity index (χ3v) is 9.06. The average Bonchev–Trinajstić information content (AvgIpc) is 2.91. The predicted octanol–water partition coefficient (Wildman–Crippen LogP) is 11.3. The largest absolute Gasteiger partial charge is 0.424 e. The molecule has 0 aromatic heterocycles. The van der Waals surface area contributed by atoms with Crippen molar-refractivity contribution in [3.8, 4) is 0 Å². The maximum Gasteiger partial charge on any atom is 0.424 e. The quantitative estimate of drug-likeness (QED) is 0.0426. The van der Waals surface area contributed by atoms with E-state index in [4.69, 9.17) is 29.8 Å². The van der Waals surface area contributed by atoms with Crippen LogP contribution in [-0.2, 0) is 23.1 Å². The summed E-state index contributed by atoms with van der Waals surface area (Å²) >= 11 is 8.98. The van der Waals surface area contributed by atoms with E-state index in [-0.39, 0.29) is 19.3 Å². The summed E-state index contributed by atoms with van der Waals surface area (Å²) in [5.41, 5.74) is 0. The van der Waals surface area contributed by atoms with Crippen molar-refractivity contribution >= 4 is 34.1 Å². The molecule has 0 N–H and O–H groups in total. The molecule has 0 aromatic carbocycles. The summed E-state index contributed by atoms with van der Waals surface area (Å²) in [5.74, 6) is 0.923. The van der Waals surface area contributed by atoms with Gasteiger partial charge in [-0.15, -0.1) is 0 Å². The minimum atomic E-state index is -3.56. The first kappa shape index (κ1) is 38.8. The normalized spacial score (nSPS) is 15.0. The molecular formula is C30H61BrClO5P. The van der Waals surface area contributed by atoms with Crippen molar-refractivity contribution in [2.24, 2.45) is 5.92 Å². The molecule has 0 aromatic rings. The topological polar surface area (TPSA) is 54.0 Å². The van der Waals surface area contributed by atoms with Gasteiger partial charge in [0.05, 0.1) is 19.8 Å². The molecule has 0 bridgehead atoms. The first-order chi connectivity index (χ1) is 18.5. The van der Waals surface area contributed by atoms with Crippen molar-refractivity contribution in [3.63, 3.8) is 0 Å². The number of hydrogen-bond acceptors (Lipinski definition) is 5. The molecule has 0 rings (SSSR count). The second-order valence-electron chi connectivity index (χ2n) is 10.7. The number of unbranched alkanes of at least 4 members (excludes halogenated alkanes) is 14. The Morgan fingerprint density at radius 3 is 1.63 bits per heavy atom. The van der Waals surface area contributed by atoms with Crippen LogP contribution in [-0.4, -0.2) is 45.0 Å². The maximum absolute atomic E-state index is 11.9. The van der Waals surface area contributed by atoms with Gasteiger partial charge in [-0.3, -0.25) is 9.05 Å². The molecule has 0 saturated heterocycles. The van der Waals surface area contributed by atoms with Gasteiger partial charge in [-0.25, -0.2) is 4.57 Å². The number of methoxy groups -OCH3 is 1. The molecule has 0 aliphatic rings. The van der Waals surface area contributed by atoms with Gasteiger partial charge >= 0.3 is 6.95 Å². The SMILES string of the molecule is CCCCCCCCCCCC(CCCCCC)CCCCCCOCC(COP(=O)(Cl)OCCBr)OC. The Kier molecular flexibility index (Phi) is 30.0. The molecular weight excluding hydrogens is 587 g/mol. The van der Waals surface area contributed by atoms with Crippen molar-refractivity contribution < 1.29 is 23.1 Å². The van der Waals surface area contributed by atoms with Gasteiger partial charge in [0.25, 0.3) is 0 Å². The lowest BCUT2D eigenvalue weighted by Crippen LogP contribution is -2.24. The highest BCUT2D eigenvalue weighted by molar-refractivity contribution is 9.09. The zero-order valence-corrected chi connectivity index (χ0v) is 28.3. The Labute approximate surface area is 249 Å². The van der Waals surface area contributed by atoms with Crippen molar-refractivity contribution in [1.82, 2.24) is 0 Å². The fraction of sp³-hybridized carbons (Fsp3) is 1.00. The molecule has 0 radical (unpaired) electrons. The van der Waals surface area contributed by atoms with Crippen LogP contribution in [0.3, 0.4) is 0 Å². The zero-order chi connectivity index (χ0) is 28.2. The van der Waals surface area contributed by atoms with Gasteiger partial charge in [0.15, 0.2) is 0 Å². The van der Waals surface area contributed by atoms with E-state index < -0.39 is 6.95 Å². The monoisotopic (exact) mass is 646 g/mol. The van der Waals surface area contributed by atoms with Crippen LogP contribution in [0.2, 0.25) is 0 Å². The van der Waals surface area contributed by atoms with Gasteiger partial charge in [0, 0.05) is 30.3 Å². The molecule has 38 heavy (non-hydrogen) atoms. The molecule has 0 amide bonds. The van der Waals surface area contributed by atoms with E-state index in [1.165, 1.54) is 122 Å². The minimum Gasteiger partial charge on any atom is -0.379 e. The van der Waals surface area contributed by atoms with Crippen LogP contribution >= 0.6 is 34.1 Å². The van der Waals surface area contributed by atoms with Crippen LogP contribution in [0.5, 0.6) is 0 Å². The van der Waals surface area contributed by atoms with Gasteiger partial charge in [-0.1, -0.05) is 152 Å². The van der Waals surface area contributed by atoms with Crippen molar-refractivity contribution in [2.45, 2.75) is 148 Å². The van der Waals surface area contributed by atoms with Gasteiger partial charge in [-0.2, -0.15) is 0 Å². The Morgan fingerprint density at radius 1 is 0.658 bits per heavy atom. The Morgan fingerprint density at radius 2 is 1.13 bits per heavy atom. The second kappa shape index (κ2) is 29.3. The summed E-state index contributed by atoms with van der Waals surface area (Å²) in [4.78, 5) is 0. The van der Waals surface area contributed by atoms with E-state index in [0.717, 1.165) is 12.3 Å². The van der Waals surface area contributed by atoms with Crippen LogP contribution in [0.4, 0.5) is 0 Å². The van der Waals surface area contributed by atoms with Gasteiger partial charge in [-0.05, 0) is 12.3 Å². The maximum atomic E-state index is 11.9. The summed E-state index contributed by atoms with van der Waals surface area (Å²) in [6.07, 6.45) is 27.1. The highest BCUT2D eigenvalue weighted by atomic mass is 79.9. The molecule has 0 saturated carbocycles. The molecule has 0 aliphatic carbocycles. The van der Waals surface area contributed by atoms with E-state index in [2.05, 4.69) is 29.8 Å². The van der Waals surface area contributed by atoms with Crippen LogP contribution in [0.15, 0.2) is 0 Å². The second-order valence-corrected chi connectivity index (χ2v) is 14.1. The summed E-state index contributed by atoms with van der Waals surface area (Å²) in [7, 11) is 1.59. The number of ether oxygens (including phenoxy) is 2. The lowest BCUT2D eigenvalue weighted by molar-refractivity contribution is -0.0169. The van der Waals surface area contributed by atoms with Crippen molar-refractivity contribution in [3.05, 3.63) is 0 Å². The number of hydrogen-bond donors (Lipinski definition) is 0. The highest BCUT2D eigenvalue weighted by Crippen LogP contribution is 2.53. The molecule has 0 spiro atoms. The first-order valence-corrected chi connectivity index (χ1v) is 19.3. The fourth-order valence-electron chi connectivity index (χ4n) is 4.78. The van der Waals surface area contributed by atoms with E-state index in [0.29, 0.717) is 18.5 Å². The van der Waals surface area contributed by atoms with Crippen molar-refractivity contribution in [1.29, 1.82) is 0 Å². The van der Waals surface area contributed by atoms with Crippen LogP contribution in [0.25, 0.3) is 0 Å². The molecule has 8 heteroatoms. The summed E-state index contributed by atoms with van der Waals surface area (Å²) in [6, 6.07) is 0. The molecule has 3 unspecified atom stereocenters. The van der Waals surface area contributed by atoms with E-state index in [1.54, 1.807) is 7.11 Å². The van der Waals surface area contributed by atoms with Gasteiger partial charge in [0.1, 0.15) is 6.10 Å². The van der Waals surface area contributed by atoms with E-state index in [9.17, 15) is 4.57 Å². The average molecular weight is 648 g/mol. The lowest BCUT2D eigenvalue weighted by Gasteiger charge is -2.18. The van der Waals surface area contributed by atoms with Gasteiger partial charge < -0.3 is 9.47 Å². The first-order valence-electron chi connectivity index (χ1n) is 15.7. The Hall–Kier alpha value is 0.840. The third kappa shape index (κ3) is 27.0. The Bertz CT molecular complexity index is 529. The third-order valence-electron chi connectivity index (χ3n) is 7.21. The van der Waals surface area contributed by atoms with E-state index in [1.807, 2.05) is 0 Å². The highest BCUT2D eigenvalue weighted by Gasteiger charge is 2.23. The summed E-state index contributed by atoms with van der Waals surface area (Å²) in [5, 5.41) is 0.544. The van der Waals surface area contributed by atoms with Crippen LogP contribution in [0, 0.1) is 5.92 Å². The molecule has 0 heterocycles. The van der Waals surface area contributed by atoms with Crippen LogP contribution in [0.1, 0.15) is 142 Å². The molecule has 230 valence electrons. The van der Waals surface area contributed by atoms with Crippen LogP contribution < -0.4 is 0 Å². The summed E-state index contributed by atoms with van der Waals surface area (Å²) in [6.45, 7) is 2.44. The smallest absolute Gasteiger partial charge is 0.379 e. The summed E-state index contributed by atoms with van der Waals surface area (Å²) < 4.78 is 33.3. The molecule has 5 nitrogen and oxygen atoms in total. The number of halogens is 2. The minimum absolute atomic E-state index is 0.0815. The molecule has 0 aliphatic heterocycles. The zero-order valence-electron chi connectivity index (χ0n) is 25.1. The Balaban J connectivity index is 3.94. The predicted molar refractivity (Wildman–Crippen MR) is 168 cm³/mol. The number of rotatable bonds is 31. The fourth-order valence-corrected chi connectivity index (χ4v) is 6.30. The molecule has 0 fully saturated rings. The number of alkyl halides is 1. The van der Waals surface area contributed by atoms with Gasteiger partial charge in [0.2, 0.25) is 0 Å².